The molecule has 26 heavy (non-hydrogen) atoms. The van der Waals surface area contributed by atoms with Crippen molar-refractivity contribution in [1.29, 1.82) is 0 Å². The Bertz CT molecular complexity index is 796. The third-order valence-electron chi connectivity index (χ3n) is 4.44. The second kappa shape index (κ2) is 7.81. The number of aromatic nitrogens is 2. The average Bonchev–Trinajstić information content (AvgIpc) is 2.77. The summed E-state index contributed by atoms with van der Waals surface area (Å²) < 4.78 is 13.3. The Labute approximate surface area is 154 Å². The van der Waals surface area contributed by atoms with Gasteiger partial charge in [0.2, 0.25) is 5.91 Å². The van der Waals surface area contributed by atoms with Crippen molar-refractivity contribution >= 4 is 11.6 Å². The van der Waals surface area contributed by atoms with E-state index in [2.05, 4.69) is 24.3 Å². The fourth-order valence-corrected chi connectivity index (χ4v) is 3.12. The van der Waals surface area contributed by atoms with Crippen LogP contribution in [0.2, 0.25) is 0 Å². The van der Waals surface area contributed by atoms with Crippen LogP contribution in [0.15, 0.2) is 18.2 Å². The Morgan fingerprint density at radius 1 is 1.23 bits per heavy atom. The van der Waals surface area contributed by atoms with Crippen LogP contribution < -0.4 is 14.8 Å². The number of aryl methyl sites for hydroxylation is 1. The first-order chi connectivity index (χ1) is 12.4. The number of nitrogens with zero attached hydrogens (tertiary/aromatic N) is 2. The van der Waals surface area contributed by atoms with E-state index < -0.39 is 0 Å². The summed E-state index contributed by atoms with van der Waals surface area (Å²) in [6, 6.07) is 5.50. The summed E-state index contributed by atoms with van der Waals surface area (Å²) in [5.41, 5.74) is 3.68. The smallest absolute Gasteiger partial charge is 0.228 e. The van der Waals surface area contributed by atoms with Crippen LogP contribution >= 0.6 is 0 Å². The highest BCUT2D eigenvalue weighted by Gasteiger charge is 2.17. The van der Waals surface area contributed by atoms with E-state index in [0.717, 1.165) is 35.7 Å². The molecule has 0 atom stereocenters. The van der Waals surface area contributed by atoms with Crippen molar-refractivity contribution < 1.29 is 14.3 Å². The lowest BCUT2D eigenvalue weighted by Crippen LogP contribution is -2.15. The molecule has 0 radical (unpaired) electrons. The van der Waals surface area contributed by atoms with Crippen LogP contribution in [0.5, 0.6) is 11.5 Å². The average molecular weight is 357 g/mol. The molecule has 0 bridgehead atoms. The summed E-state index contributed by atoms with van der Waals surface area (Å²) in [5, 5.41) is 7.53. The second-order valence-corrected chi connectivity index (χ2v) is 7.16. The zero-order chi connectivity index (χ0) is 18.7. The van der Waals surface area contributed by atoms with Crippen LogP contribution in [0.25, 0.3) is 0 Å². The first-order valence-electron chi connectivity index (χ1n) is 9.16. The van der Waals surface area contributed by atoms with Crippen molar-refractivity contribution in [3.8, 4) is 11.5 Å². The normalized spacial score (nSPS) is 13.6. The maximum absolute atomic E-state index is 12.5. The third-order valence-corrected chi connectivity index (χ3v) is 4.44. The minimum Gasteiger partial charge on any atom is -0.490 e. The van der Waals surface area contributed by atoms with Gasteiger partial charge in [-0.05, 0) is 31.9 Å². The molecule has 6 heteroatoms. The fourth-order valence-electron chi connectivity index (χ4n) is 3.12. The monoisotopic (exact) mass is 357 g/mol. The number of fused-ring (bicyclic) bond motifs is 1. The molecule has 0 saturated heterocycles. The first-order valence-corrected chi connectivity index (χ1v) is 9.16. The van der Waals surface area contributed by atoms with Gasteiger partial charge in [-0.1, -0.05) is 13.8 Å². The van der Waals surface area contributed by atoms with Gasteiger partial charge in [-0.15, -0.1) is 0 Å². The molecule has 1 aromatic heterocycles. The zero-order valence-corrected chi connectivity index (χ0v) is 16.0. The minimum atomic E-state index is -0.0604. The molecule has 0 aliphatic carbocycles. The van der Waals surface area contributed by atoms with Crippen LogP contribution in [0.4, 0.5) is 5.69 Å². The zero-order valence-electron chi connectivity index (χ0n) is 16.0. The molecule has 6 nitrogen and oxygen atoms in total. The fraction of sp³-hybridized carbons (Fsp3) is 0.500. The van der Waals surface area contributed by atoms with Crippen LogP contribution in [-0.2, 0) is 17.8 Å². The van der Waals surface area contributed by atoms with E-state index in [4.69, 9.17) is 9.47 Å². The highest BCUT2D eigenvalue weighted by atomic mass is 16.5. The number of benzene rings is 1. The molecule has 1 N–H and O–H groups in total. The Morgan fingerprint density at radius 3 is 2.69 bits per heavy atom. The molecule has 2 heterocycles. The lowest BCUT2D eigenvalue weighted by Gasteiger charge is -2.11. The standard InChI is InChI=1S/C20H27N3O3/c1-13(2)12-23-15(4)17(14(3)22-23)11-20(24)21-16-6-7-18-19(10-16)26-9-5-8-25-18/h6-7,10,13H,5,8-9,11-12H2,1-4H3,(H,21,24). The predicted octanol–water partition coefficient (Wildman–Crippen LogP) is 3.50. The summed E-state index contributed by atoms with van der Waals surface area (Å²) in [4.78, 5) is 12.5. The Kier molecular flexibility index (Phi) is 5.49. The van der Waals surface area contributed by atoms with E-state index in [1.165, 1.54) is 0 Å². The highest BCUT2D eigenvalue weighted by Crippen LogP contribution is 2.32. The molecule has 1 aromatic carbocycles. The van der Waals surface area contributed by atoms with Gasteiger partial charge in [0.25, 0.3) is 0 Å². The number of hydrogen-bond donors (Lipinski definition) is 1. The number of hydrogen-bond acceptors (Lipinski definition) is 4. The lowest BCUT2D eigenvalue weighted by molar-refractivity contribution is -0.115. The number of carbonyl (C=O) groups is 1. The van der Waals surface area contributed by atoms with E-state index in [1.54, 1.807) is 0 Å². The molecule has 0 unspecified atom stereocenters. The predicted molar refractivity (Wildman–Crippen MR) is 101 cm³/mol. The summed E-state index contributed by atoms with van der Waals surface area (Å²) in [7, 11) is 0. The lowest BCUT2D eigenvalue weighted by atomic mass is 10.1. The maximum Gasteiger partial charge on any atom is 0.228 e. The Hall–Kier alpha value is -2.50. The SMILES string of the molecule is Cc1nn(CC(C)C)c(C)c1CC(=O)Nc1ccc2c(c1)OCCCO2. The van der Waals surface area contributed by atoms with E-state index in [1.807, 2.05) is 36.7 Å². The van der Waals surface area contributed by atoms with Gasteiger partial charge in [-0.3, -0.25) is 9.48 Å². The number of rotatable bonds is 5. The summed E-state index contributed by atoms with van der Waals surface area (Å²) in [6.07, 6.45) is 1.17. The number of carbonyl (C=O) groups excluding carboxylic acids is 1. The van der Waals surface area contributed by atoms with Crippen molar-refractivity contribution in [3.63, 3.8) is 0 Å². The van der Waals surface area contributed by atoms with Gasteiger partial charge in [0.15, 0.2) is 11.5 Å². The van der Waals surface area contributed by atoms with Crippen molar-refractivity contribution in [2.45, 2.75) is 47.1 Å². The van der Waals surface area contributed by atoms with Crippen molar-refractivity contribution in [2.24, 2.45) is 5.92 Å². The van der Waals surface area contributed by atoms with Gasteiger partial charge in [0.05, 0.1) is 25.3 Å². The van der Waals surface area contributed by atoms with Gasteiger partial charge in [-0.25, -0.2) is 0 Å². The molecular formula is C20H27N3O3. The molecule has 3 rings (SSSR count). The van der Waals surface area contributed by atoms with Crippen LogP contribution in [0, 0.1) is 19.8 Å². The molecule has 1 aliphatic heterocycles. The van der Waals surface area contributed by atoms with Crippen molar-refractivity contribution in [3.05, 3.63) is 35.2 Å². The van der Waals surface area contributed by atoms with Gasteiger partial charge in [0, 0.05) is 36.0 Å². The Morgan fingerprint density at radius 2 is 1.96 bits per heavy atom. The van der Waals surface area contributed by atoms with Crippen LogP contribution in [-0.4, -0.2) is 28.9 Å². The highest BCUT2D eigenvalue weighted by molar-refractivity contribution is 5.92. The molecule has 0 spiro atoms. The minimum absolute atomic E-state index is 0.0604. The summed E-state index contributed by atoms with van der Waals surface area (Å²) >= 11 is 0. The van der Waals surface area contributed by atoms with E-state index >= 15 is 0 Å². The molecule has 1 aliphatic rings. The van der Waals surface area contributed by atoms with Gasteiger partial charge < -0.3 is 14.8 Å². The maximum atomic E-state index is 12.5. The molecule has 140 valence electrons. The number of anilines is 1. The number of ether oxygens (including phenoxy) is 2. The second-order valence-electron chi connectivity index (χ2n) is 7.16. The Balaban J connectivity index is 1.70. The van der Waals surface area contributed by atoms with E-state index in [9.17, 15) is 4.79 Å². The number of amides is 1. The van der Waals surface area contributed by atoms with Gasteiger partial charge in [0.1, 0.15) is 0 Å². The largest absolute Gasteiger partial charge is 0.490 e. The van der Waals surface area contributed by atoms with Crippen molar-refractivity contribution in [2.75, 3.05) is 18.5 Å². The topological polar surface area (TPSA) is 65.4 Å². The molecule has 0 saturated carbocycles. The summed E-state index contributed by atoms with van der Waals surface area (Å²) in [5.74, 6) is 1.85. The molecule has 1 amide bonds. The van der Waals surface area contributed by atoms with E-state index in [0.29, 0.717) is 37.0 Å². The molecule has 2 aromatic rings. The van der Waals surface area contributed by atoms with Gasteiger partial charge >= 0.3 is 0 Å². The van der Waals surface area contributed by atoms with Gasteiger partial charge in [-0.2, -0.15) is 5.10 Å². The van der Waals surface area contributed by atoms with E-state index in [-0.39, 0.29) is 5.91 Å². The molecule has 0 fully saturated rings. The quantitative estimate of drug-likeness (QED) is 0.889. The third kappa shape index (κ3) is 4.18. The van der Waals surface area contributed by atoms with Crippen LogP contribution in [0.1, 0.15) is 37.2 Å². The van der Waals surface area contributed by atoms with Crippen LogP contribution in [0.3, 0.4) is 0 Å². The summed E-state index contributed by atoms with van der Waals surface area (Å²) in [6.45, 7) is 10.4. The molecular weight excluding hydrogens is 330 g/mol. The number of nitrogens with one attached hydrogen (secondary N) is 1. The van der Waals surface area contributed by atoms with Crippen molar-refractivity contribution in [1.82, 2.24) is 9.78 Å². The first kappa shape index (κ1) is 18.3.